The topological polar surface area (TPSA) is 75.3 Å². The van der Waals surface area contributed by atoms with Crippen molar-refractivity contribution in [2.75, 3.05) is 10.0 Å². The summed E-state index contributed by atoms with van der Waals surface area (Å²) in [5.74, 6) is -0.107. The Morgan fingerprint density at radius 1 is 0.800 bits per heavy atom. The summed E-state index contributed by atoms with van der Waals surface area (Å²) in [6.07, 6.45) is 3.13. The first-order chi connectivity index (χ1) is 14.5. The molecule has 2 N–H and O–H groups in total. The minimum Gasteiger partial charge on any atom is -0.360 e. The van der Waals surface area contributed by atoms with Gasteiger partial charge in [-0.3, -0.25) is 9.52 Å². The summed E-state index contributed by atoms with van der Waals surface area (Å²) in [5, 5.41) is 3.12. The van der Waals surface area contributed by atoms with Crippen molar-refractivity contribution in [2.45, 2.75) is 18.6 Å². The van der Waals surface area contributed by atoms with Gasteiger partial charge in [0.2, 0.25) is 10.0 Å². The molecule has 0 unspecified atom stereocenters. The molecule has 6 heteroatoms. The highest BCUT2D eigenvalue weighted by Crippen LogP contribution is 2.27. The highest BCUT2D eigenvalue weighted by atomic mass is 32.2. The second-order valence-corrected chi connectivity index (χ2v) is 8.91. The van der Waals surface area contributed by atoms with Gasteiger partial charge in [0.05, 0.1) is 17.1 Å². The highest BCUT2D eigenvalue weighted by molar-refractivity contribution is 7.91. The van der Waals surface area contributed by atoms with E-state index in [2.05, 4.69) is 10.0 Å². The van der Waals surface area contributed by atoms with Crippen molar-refractivity contribution < 1.29 is 13.2 Å². The fraction of sp³-hybridized carbons (Fsp3) is 0.125. The van der Waals surface area contributed by atoms with Crippen LogP contribution in [0, 0.1) is 0 Å². The van der Waals surface area contributed by atoms with Crippen LogP contribution in [0.5, 0.6) is 0 Å². The Hall–Kier alpha value is -3.38. The van der Waals surface area contributed by atoms with E-state index in [4.69, 9.17) is 0 Å². The van der Waals surface area contributed by atoms with Crippen molar-refractivity contribution >= 4 is 27.2 Å². The molecule has 1 aliphatic carbocycles. The lowest BCUT2D eigenvalue weighted by Crippen LogP contribution is -2.17. The Kier molecular flexibility index (Phi) is 5.68. The quantitative estimate of drug-likeness (QED) is 0.566. The second kappa shape index (κ2) is 8.55. The molecule has 0 aromatic heterocycles. The van der Waals surface area contributed by atoms with Crippen LogP contribution in [0.2, 0.25) is 0 Å². The van der Waals surface area contributed by atoms with Crippen molar-refractivity contribution in [2.24, 2.45) is 0 Å². The SMILES string of the molecule is O=C1/C(=C\Nc2ccccc2NS(=O)(=O)Cc2ccccc2)CCc2ccccc21. The predicted octanol–water partition coefficient (Wildman–Crippen LogP) is 4.75. The van der Waals surface area contributed by atoms with Crippen LogP contribution in [-0.2, 0) is 22.2 Å². The molecule has 0 saturated carbocycles. The normalized spacial score (nSPS) is 14.9. The Bertz CT molecular complexity index is 1200. The minimum absolute atomic E-state index is 0.00601. The number of aryl methyl sites for hydroxylation is 1. The number of sulfonamides is 1. The maximum absolute atomic E-state index is 12.7. The van der Waals surface area contributed by atoms with E-state index in [1.807, 2.05) is 48.5 Å². The number of allylic oxidation sites excluding steroid dienone is 1. The number of ketones is 1. The van der Waals surface area contributed by atoms with Crippen molar-refractivity contribution in [3.8, 4) is 0 Å². The van der Waals surface area contributed by atoms with Gasteiger partial charge in [-0.1, -0.05) is 66.7 Å². The smallest absolute Gasteiger partial charge is 0.236 e. The first-order valence-corrected chi connectivity index (χ1v) is 11.4. The van der Waals surface area contributed by atoms with Gasteiger partial charge in [0.1, 0.15) is 0 Å². The van der Waals surface area contributed by atoms with E-state index in [9.17, 15) is 13.2 Å². The van der Waals surface area contributed by atoms with Crippen molar-refractivity contribution in [3.63, 3.8) is 0 Å². The first-order valence-electron chi connectivity index (χ1n) is 9.73. The molecule has 0 aliphatic heterocycles. The summed E-state index contributed by atoms with van der Waals surface area (Å²) in [5.41, 5.74) is 4.21. The van der Waals surface area contributed by atoms with Gasteiger partial charge in [-0.2, -0.15) is 0 Å². The number of para-hydroxylation sites is 2. The van der Waals surface area contributed by atoms with Gasteiger partial charge in [0.15, 0.2) is 5.78 Å². The van der Waals surface area contributed by atoms with Crippen molar-refractivity contribution in [3.05, 3.63) is 107 Å². The van der Waals surface area contributed by atoms with E-state index in [0.717, 1.165) is 17.5 Å². The first kappa shape index (κ1) is 19.9. The Labute approximate surface area is 176 Å². The summed E-state index contributed by atoms with van der Waals surface area (Å²) < 4.78 is 27.9. The zero-order chi connectivity index (χ0) is 21.0. The number of hydrogen-bond donors (Lipinski definition) is 2. The third kappa shape index (κ3) is 4.60. The third-order valence-corrected chi connectivity index (χ3v) is 6.26. The van der Waals surface area contributed by atoms with Gasteiger partial charge in [-0.15, -0.1) is 0 Å². The molecule has 0 radical (unpaired) electrons. The number of anilines is 2. The lowest BCUT2D eigenvalue weighted by atomic mass is 9.87. The number of carbonyl (C=O) groups excluding carboxylic acids is 1. The number of benzene rings is 3. The number of carbonyl (C=O) groups is 1. The lowest BCUT2D eigenvalue weighted by Gasteiger charge is -2.18. The fourth-order valence-corrected chi connectivity index (χ4v) is 4.73. The van der Waals surface area contributed by atoms with Crippen LogP contribution in [0.1, 0.15) is 27.9 Å². The van der Waals surface area contributed by atoms with E-state index in [0.29, 0.717) is 28.9 Å². The summed E-state index contributed by atoms with van der Waals surface area (Å²) in [6, 6.07) is 23.7. The summed E-state index contributed by atoms with van der Waals surface area (Å²) in [4.78, 5) is 12.7. The molecule has 0 atom stereocenters. The Balaban J connectivity index is 1.52. The molecule has 0 amide bonds. The van der Waals surface area contributed by atoms with Gasteiger partial charge < -0.3 is 5.32 Å². The second-order valence-electron chi connectivity index (χ2n) is 7.19. The van der Waals surface area contributed by atoms with E-state index < -0.39 is 10.0 Å². The van der Waals surface area contributed by atoms with Gasteiger partial charge in [-0.25, -0.2) is 8.42 Å². The van der Waals surface area contributed by atoms with Crippen molar-refractivity contribution in [1.82, 2.24) is 0 Å². The van der Waals surface area contributed by atoms with Crippen LogP contribution < -0.4 is 10.0 Å². The molecule has 4 rings (SSSR count). The predicted molar refractivity (Wildman–Crippen MR) is 120 cm³/mol. The fourth-order valence-electron chi connectivity index (χ4n) is 3.51. The molecule has 3 aromatic rings. The largest absolute Gasteiger partial charge is 0.360 e. The number of fused-ring (bicyclic) bond motifs is 1. The lowest BCUT2D eigenvalue weighted by molar-refractivity contribution is 0.102. The number of hydrogen-bond acceptors (Lipinski definition) is 4. The maximum Gasteiger partial charge on any atom is 0.236 e. The number of nitrogens with one attached hydrogen (secondary N) is 2. The molecule has 0 spiro atoms. The Morgan fingerprint density at radius 3 is 2.27 bits per heavy atom. The standard InChI is InChI=1S/C24H22N2O3S/c27-24-20(15-14-19-10-4-5-11-21(19)24)16-25-22-12-6-7-13-23(22)26-30(28,29)17-18-8-2-1-3-9-18/h1-13,16,25-26H,14-15,17H2/b20-16-. The van der Waals surface area contributed by atoms with E-state index >= 15 is 0 Å². The molecule has 0 saturated heterocycles. The zero-order valence-corrected chi connectivity index (χ0v) is 17.2. The Morgan fingerprint density at radius 2 is 1.47 bits per heavy atom. The monoisotopic (exact) mass is 418 g/mol. The van der Waals surface area contributed by atoms with Crippen LogP contribution in [0.3, 0.4) is 0 Å². The number of Topliss-reactive ketones (excluding diaryl/α,β-unsaturated/α-hetero) is 1. The van der Waals surface area contributed by atoms with E-state index in [1.54, 1.807) is 36.5 Å². The molecule has 0 heterocycles. The summed E-state index contributed by atoms with van der Waals surface area (Å²) in [6.45, 7) is 0. The van der Waals surface area contributed by atoms with E-state index in [-0.39, 0.29) is 11.5 Å². The average Bonchev–Trinajstić information content (AvgIpc) is 2.74. The van der Waals surface area contributed by atoms with Crippen LogP contribution in [0.4, 0.5) is 11.4 Å². The highest BCUT2D eigenvalue weighted by Gasteiger charge is 2.21. The average molecular weight is 419 g/mol. The molecule has 3 aromatic carbocycles. The summed E-state index contributed by atoms with van der Waals surface area (Å²) >= 11 is 0. The van der Waals surface area contributed by atoms with Crippen LogP contribution in [-0.4, -0.2) is 14.2 Å². The molecule has 0 fully saturated rings. The molecule has 1 aliphatic rings. The molecule has 0 bridgehead atoms. The van der Waals surface area contributed by atoms with Crippen LogP contribution in [0.25, 0.3) is 0 Å². The molecule has 152 valence electrons. The van der Waals surface area contributed by atoms with Gasteiger partial charge in [-0.05, 0) is 36.1 Å². The zero-order valence-electron chi connectivity index (χ0n) is 16.3. The third-order valence-electron chi connectivity index (χ3n) is 5.01. The molecule has 30 heavy (non-hydrogen) atoms. The maximum atomic E-state index is 12.7. The minimum atomic E-state index is -3.58. The van der Waals surface area contributed by atoms with Gasteiger partial charge in [0.25, 0.3) is 0 Å². The van der Waals surface area contributed by atoms with E-state index in [1.165, 1.54) is 0 Å². The summed E-state index contributed by atoms with van der Waals surface area (Å²) in [7, 11) is -3.58. The van der Waals surface area contributed by atoms with Gasteiger partial charge in [0, 0.05) is 17.3 Å². The van der Waals surface area contributed by atoms with Crippen LogP contribution >= 0.6 is 0 Å². The van der Waals surface area contributed by atoms with Gasteiger partial charge >= 0.3 is 0 Å². The number of rotatable bonds is 6. The van der Waals surface area contributed by atoms with Crippen molar-refractivity contribution in [1.29, 1.82) is 0 Å². The molecular weight excluding hydrogens is 396 g/mol. The molecular formula is C24H22N2O3S. The van der Waals surface area contributed by atoms with Crippen LogP contribution in [0.15, 0.2) is 90.6 Å². The molecule has 5 nitrogen and oxygen atoms in total.